The fourth-order valence-corrected chi connectivity index (χ4v) is 1.07. The fraction of sp³-hybridized carbons (Fsp3) is 0.778. The van der Waals surface area contributed by atoms with E-state index in [2.05, 4.69) is 11.4 Å². The van der Waals surface area contributed by atoms with Crippen molar-refractivity contribution in [3.05, 3.63) is 0 Å². The van der Waals surface area contributed by atoms with Crippen LogP contribution in [0.3, 0.4) is 0 Å². The number of nitrogens with zero attached hydrogens (tertiary/aromatic N) is 2. The van der Waals surface area contributed by atoms with Crippen LogP contribution in [0.25, 0.3) is 0 Å². The topological polar surface area (TPSA) is 76.4 Å². The van der Waals surface area contributed by atoms with Gasteiger partial charge in [-0.15, -0.1) is 0 Å². The monoisotopic (exact) mass is 199 g/mol. The van der Waals surface area contributed by atoms with Crippen molar-refractivity contribution in [1.82, 2.24) is 10.2 Å². The Balaban J connectivity index is 3.66. The van der Waals surface area contributed by atoms with Crippen LogP contribution in [0.2, 0.25) is 0 Å². The van der Waals surface area contributed by atoms with Crippen molar-refractivity contribution in [2.24, 2.45) is 5.92 Å². The average Bonchev–Trinajstić information content (AvgIpc) is 2.14. The van der Waals surface area contributed by atoms with E-state index in [1.54, 1.807) is 11.9 Å². The van der Waals surface area contributed by atoms with Gasteiger partial charge in [0.05, 0.1) is 25.1 Å². The van der Waals surface area contributed by atoms with Crippen LogP contribution in [0.4, 0.5) is 0 Å². The van der Waals surface area contributed by atoms with Gasteiger partial charge in [-0.2, -0.15) is 5.26 Å². The molecule has 0 aromatic heterocycles. The van der Waals surface area contributed by atoms with E-state index in [0.29, 0.717) is 6.54 Å². The predicted octanol–water partition coefficient (Wildman–Crippen LogP) is -0.814. The quantitative estimate of drug-likeness (QED) is 0.586. The number of rotatable bonds is 6. The van der Waals surface area contributed by atoms with Crippen LogP contribution in [0.1, 0.15) is 6.92 Å². The molecule has 0 rings (SSSR count). The second-order valence-corrected chi connectivity index (χ2v) is 3.30. The molecule has 0 saturated heterocycles. The Hall–Kier alpha value is -1.12. The van der Waals surface area contributed by atoms with Gasteiger partial charge in [0.2, 0.25) is 5.91 Å². The smallest absolute Gasteiger partial charge is 0.234 e. The van der Waals surface area contributed by atoms with Gasteiger partial charge in [0.1, 0.15) is 0 Å². The summed E-state index contributed by atoms with van der Waals surface area (Å²) < 4.78 is 0. The highest BCUT2D eigenvalue weighted by Crippen LogP contribution is 1.94. The lowest BCUT2D eigenvalue weighted by Gasteiger charge is -2.16. The molecular weight excluding hydrogens is 182 g/mol. The van der Waals surface area contributed by atoms with Gasteiger partial charge in [0.15, 0.2) is 0 Å². The number of nitrogens with one attached hydrogen (secondary N) is 1. The van der Waals surface area contributed by atoms with E-state index >= 15 is 0 Å². The zero-order valence-corrected chi connectivity index (χ0v) is 8.66. The molecule has 0 spiro atoms. The molecule has 1 unspecified atom stereocenters. The number of carbonyl (C=O) groups is 1. The maximum absolute atomic E-state index is 11.1. The first-order valence-corrected chi connectivity index (χ1v) is 4.56. The Morgan fingerprint density at radius 3 is 2.86 bits per heavy atom. The molecule has 0 heterocycles. The molecule has 2 N–H and O–H groups in total. The zero-order valence-electron chi connectivity index (χ0n) is 8.66. The number of aliphatic hydroxyl groups excluding tert-OH is 1. The van der Waals surface area contributed by atoms with E-state index in [0.717, 1.165) is 0 Å². The summed E-state index contributed by atoms with van der Waals surface area (Å²) in [6.07, 6.45) is 0. The minimum absolute atomic E-state index is 0.0515. The standard InChI is InChI=1S/C9H17N3O2/c1-8(5-10)6-12(2)7-9(14)11-3-4-13/h8,13H,3-4,6-7H2,1-2H3,(H,11,14). The number of likely N-dealkylation sites (N-methyl/N-ethyl adjacent to an activating group) is 1. The molecule has 0 radical (unpaired) electrons. The van der Waals surface area contributed by atoms with Gasteiger partial charge in [-0.3, -0.25) is 9.69 Å². The molecule has 0 aliphatic carbocycles. The van der Waals surface area contributed by atoms with Gasteiger partial charge >= 0.3 is 0 Å². The molecule has 1 atom stereocenters. The van der Waals surface area contributed by atoms with E-state index in [4.69, 9.17) is 10.4 Å². The first-order valence-electron chi connectivity index (χ1n) is 4.56. The largest absolute Gasteiger partial charge is 0.395 e. The van der Waals surface area contributed by atoms with Crippen molar-refractivity contribution in [1.29, 1.82) is 5.26 Å². The zero-order chi connectivity index (χ0) is 11.0. The SMILES string of the molecule is CC(C#N)CN(C)CC(=O)NCCO. The lowest BCUT2D eigenvalue weighted by molar-refractivity contribution is -0.122. The van der Waals surface area contributed by atoms with Crippen LogP contribution in [-0.2, 0) is 4.79 Å². The van der Waals surface area contributed by atoms with Crippen molar-refractivity contribution < 1.29 is 9.90 Å². The highest BCUT2D eigenvalue weighted by Gasteiger charge is 2.08. The summed E-state index contributed by atoms with van der Waals surface area (Å²) in [5.41, 5.74) is 0. The highest BCUT2D eigenvalue weighted by atomic mass is 16.3. The third-order valence-corrected chi connectivity index (χ3v) is 1.65. The predicted molar refractivity (Wildman–Crippen MR) is 52.4 cm³/mol. The molecule has 5 heteroatoms. The van der Waals surface area contributed by atoms with E-state index in [-0.39, 0.29) is 31.5 Å². The molecule has 0 fully saturated rings. The highest BCUT2D eigenvalue weighted by molar-refractivity contribution is 5.77. The minimum atomic E-state index is -0.133. The lowest BCUT2D eigenvalue weighted by Crippen LogP contribution is -2.37. The average molecular weight is 199 g/mol. The summed E-state index contributed by atoms with van der Waals surface area (Å²) in [5, 5.41) is 19.6. The van der Waals surface area contributed by atoms with Crippen LogP contribution in [0, 0.1) is 17.2 Å². The molecule has 0 aliphatic heterocycles. The number of aliphatic hydroxyl groups is 1. The molecule has 0 bridgehead atoms. The van der Waals surface area contributed by atoms with Gasteiger partial charge < -0.3 is 10.4 Å². The summed E-state index contributed by atoms with van der Waals surface area (Å²) in [6.45, 7) is 2.86. The van der Waals surface area contributed by atoms with Gasteiger partial charge in [-0.25, -0.2) is 0 Å². The van der Waals surface area contributed by atoms with Gasteiger partial charge in [0, 0.05) is 13.1 Å². The lowest BCUT2D eigenvalue weighted by atomic mass is 10.2. The maximum atomic E-state index is 11.1. The third-order valence-electron chi connectivity index (χ3n) is 1.65. The van der Waals surface area contributed by atoms with Crippen LogP contribution >= 0.6 is 0 Å². The van der Waals surface area contributed by atoms with Crippen LogP contribution in [0.15, 0.2) is 0 Å². The Morgan fingerprint density at radius 1 is 1.71 bits per heavy atom. The molecule has 0 aromatic rings. The molecule has 14 heavy (non-hydrogen) atoms. The van der Waals surface area contributed by atoms with Gasteiger partial charge in [-0.05, 0) is 14.0 Å². The first-order chi connectivity index (χ1) is 6.60. The number of amides is 1. The molecule has 0 aliphatic rings. The summed E-state index contributed by atoms with van der Waals surface area (Å²) >= 11 is 0. The third kappa shape index (κ3) is 6.40. The molecule has 0 aromatic carbocycles. The fourth-order valence-electron chi connectivity index (χ4n) is 1.07. The minimum Gasteiger partial charge on any atom is -0.395 e. The van der Waals surface area contributed by atoms with Crippen LogP contribution < -0.4 is 5.32 Å². The summed E-state index contributed by atoms with van der Waals surface area (Å²) in [5.74, 6) is -0.211. The molecule has 0 saturated carbocycles. The number of hydrogen-bond acceptors (Lipinski definition) is 4. The van der Waals surface area contributed by atoms with Gasteiger partial charge in [-0.1, -0.05) is 0 Å². The summed E-state index contributed by atoms with van der Waals surface area (Å²) in [6, 6.07) is 2.10. The van der Waals surface area contributed by atoms with Crippen molar-refractivity contribution >= 4 is 5.91 Å². The Labute approximate surface area is 84.3 Å². The second kappa shape index (κ2) is 7.30. The van der Waals surface area contributed by atoms with E-state index < -0.39 is 0 Å². The Bertz CT molecular complexity index is 213. The molecule has 80 valence electrons. The Morgan fingerprint density at radius 2 is 2.36 bits per heavy atom. The van der Waals surface area contributed by atoms with Crippen molar-refractivity contribution in [3.8, 4) is 6.07 Å². The van der Waals surface area contributed by atoms with E-state index in [9.17, 15) is 4.79 Å². The molecule has 1 amide bonds. The number of hydrogen-bond donors (Lipinski definition) is 2. The maximum Gasteiger partial charge on any atom is 0.234 e. The first kappa shape index (κ1) is 12.9. The molecular formula is C9H17N3O2. The van der Waals surface area contributed by atoms with Crippen LogP contribution in [-0.4, -0.2) is 49.2 Å². The Kier molecular flexibility index (Phi) is 6.72. The van der Waals surface area contributed by atoms with Gasteiger partial charge in [0.25, 0.3) is 0 Å². The van der Waals surface area contributed by atoms with E-state index in [1.807, 2.05) is 6.92 Å². The normalized spacial score (nSPS) is 12.2. The second-order valence-electron chi connectivity index (χ2n) is 3.30. The number of nitriles is 1. The van der Waals surface area contributed by atoms with Crippen molar-refractivity contribution in [2.75, 3.05) is 33.3 Å². The van der Waals surface area contributed by atoms with Crippen molar-refractivity contribution in [3.63, 3.8) is 0 Å². The van der Waals surface area contributed by atoms with E-state index in [1.165, 1.54) is 0 Å². The summed E-state index contributed by atoms with van der Waals surface area (Å²) in [4.78, 5) is 12.9. The number of carbonyl (C=O) groups excluding carboxylic acids is 1. The molecule has 5 nitrogen and oxygen atoms in total. The van der Waals surface area contributed by atoms with Crippen LogP contribution in [0.5, 0.6) is 0 Å². The summed E-state index contributed by atoms with van der Waals surface area (Å²) in [7, 11) is 1.78. The van der Waals surface area contributed by atoms with Crippen molar-refractivity contribution in [2.45, 2.75) is 6.92 Å².